The number of rotatable bonds is 7. The van der Waals surface area contributed by atoms with Crippen LogP contribution in [-0.2, 0) is 70.0 Å². The largest absolute Gasteiger partial charge is 0.514 e. The second-order valence-electron chi connectivity index (χ2n) is 36.7. The first-order valence-corrected chi connectivity index (χ1v) is 43.9. The molecule has 32 nitrogen and oxygen atoms in total. The van der Waals surface area contributed by atoms with Gasteiger partial charge in [-0.25, -0.2) is 24.0 Å². The molecule has 34 heteroatoms. The third-order valence-electron chi connectivity index (χ3n) is 26.1. The molecule has 14 aliphatic heterocycles. The molecule has 0 aliphatic carbocycles. The molecule has 2 spiro atoms. The van der Waals surface area contributed by atoms with Gasteiger partial charge < -0.3 is 91.1 Å². The van der Waals surface area contributed by atoms with Crippen LogP contribution in [0.5, 0.6) is 80.5 Å². The van der Waals surface area contributed by atoms with E-state index in [2.05, 4.69) is 42.4 Å². The lowest BCUT2D eigenvalue weighted by Crippen LogP contribution is -2.69. The summed E-state index contributed by atoms with van der Waals surface area (Å²) < 4.78 is 94.9. The number of phenols is 3. The molecule has 672 valence electrons. The minimum Gasteiger partial charge on any atom is -0.507 e. The van der Waals surface area contributed by atoms with E-state index in [-0.39, 0.29) is 104 Å². The van der Waals surface area contributed by atoms with Crippen molar-refractivity contribution in [3.63, 3.8) is 0 Å². The van der Waals surface area contributed by atoms with Crippen molar-refractivity contribution in [1.29, 1.82) is 10.5 Å². The predicted octanol–water partition coefficient (Wildman–Crippen LogP) is 13.0. The molecule has 4 fully saturated rings. The van der Waals surface area contributed by atoms with Gasteiger partial charge in [0.15, 0.2) is 80.1 Å². The summed E-state index contributed by atoms with van der Waals surface area (Å²) in [6.45, 7) is 23.2. The number of fused-ring (bicyclic) bond motifs is 18. The average molecular weight is 1770 g/mol. The number of nitrogens with one attached hydrogen (secondary N) is 2. The minimum atomic E-state index is -1.49. The summed E-state index contributed by atoms with van der Waals surface area (Å²) in [4.78, 5) is 78.2. The van der Waals surface area contributed by atoms with E-state index in [9.17, 15) is 45.0 Å². The fraction of sp³-hybridized carbons (Fsp3) is 0.533. The third-order valence-corrected chi connectivity index (χ3v) is 29.1. The number of methoxy groups -OCH3 is 4. The molecule has 0 amide bonds. The number of benzene rings is 6. The van der Waals surface area contributed by atoms with Crippen LogP contribution in [0.4, 0.5) is 14.4 Å². The SMILES string of the molecule is C.COc1cc2c(cc1OC(=O)OC(C)(C)C)CCN[C@]21CS[C@@H]2c3c(O)c(C)c4c(c3[C@H](COC1=O)N1C2[C@H]2c3c(cc(C)c(OC)c3O)C[C@@H]([C@@H]1C#N)N2C)OCO4.COc1cc2c(cc1OC(=O)OC(C)(C)C)CCN[C@]21CS[C@@H]2c3c(OC(=O)OC(C)(C)C)c(C)c4c(c3[C@H](COC1=O)N1C2[C@H]2c3c(cc(C)c(OC)c3O)C[C@@H]([C@@H]1C#N)N2C)OCO4. The number of nitrogens with zero attached hydrogens (tertiary/aromatic N) is 6. The molecular formula is C92H108N8O24S2. The Bertz CT molecular complexity index is 5600. The summed E-state index contributed by atoms with van der Waals surface area (Å²) in [5, 5.41) is 64.8. The molecule has 0 radical (unpaired) electrons. The number of ether oxygens (including phenoxy) is 16. The molecule has 0 saturated carbocycles. The molecule has 126 heavy (non-hydrogen) atoms. The number of nitriles is 2. The van der Waals surface area contributed by atoms with E-state index in [1.165, 1.54) is 52.0 Å². The zero-order valence-corrected chi connectivity index (χ0v) is 74.9. The zero-order valence-electron chi connectivity index (χ0n) is 73.3. The highest BCUT2D eigenvalue weighted by Gasteiger charge is 2.65. The molecule has 14 heterocycles. The van der Waals surface area contributed by atoms with Crippen molar-refractivity contribution in [3.05, 3.63) is 125 Å². The van der Waals surface area contributed by atoms with Crippen molar-refractivity contribution in [2.24, 2.45) is 0 Å². The van der Waals surface area contributed by atoms with Crippen molar-refractivity contribution >= 4 is 53.9 Å². The number of likely N-dealkylation sites (N-methyl/N-ethyl adjacent to an activating group) is 2. The first-order chi connectivity index (χ1) is 59.3. The van der Waals surface area contributed by atoms with Crippen molar-refractivity contribution in [3.8, 4) is 92.6 Å². The number of hydrogen-bond acceptors (Lipinski definition) is 34. The van der Waals surface area contributed by atoms with Gasteiger partial charge in [0.1, 0.15) is 53.6 Å². The van der Waals surface area contributed by atoms with E-state index in [1.807, 2.05) is 40.1 Å². The van der Waals surface area contributed by atoms with Gasteiger partial charge in [-0.15, -0.1) is 23.5 Å². The standard InChI is InChI=1S/C48H56N4O13S.C43H48N4O11S.CH4/c1-22-14-25-15-27-28(18-49)52-29-19-59-43(54)48(26-17-30(57-10)31(16-24(26)12-13-50-48)62-44(55)64-46(3,4)5)20-66-42(36(52)35(51(27)9)32(25)37(53)38(22)58-11)34-33(29)41-40(60-21-61-41)23(2)39(34)63-45(56)65-47(6,7)8;1-19-11-22-12-24-25(15-44)47-26-16-54-40(50)43(23-14-27(52-7)28(13-21(23)9-10-45-43)57-41(51)58-42(3,4)5)17-59-39(31-30(26)38-37(55-18-56-38)20(2)34(31)48)33(47)32(46(24)6)29(22)35(49)36(19)53-8;/h14,16-17,27-29,35-36,42,50,53H,12-13,15,19-21H2,1-11H3;11,13-14,24-26,32-33,39,45,48-49H,9-10,12,16-18H2,1-8H3;1H4/t27-,28-,29-,35+,36?,42+,48+;24-,25-,26-,32+,33?,39+,43+;/m00./s1. The maximum Gasteiger partial charge on any atom is 0.514 e. The highest BCUT2D eigenvalue weighted by Crippen LogP contribution is 2.68. The first-order valence-electron chi connectivity index (χ1n) is 41.8. The third kappa shape index (κ3) is 14.3. The van der Waals surface area contributed by atoms with Gasteiger partial charge in [0.2, 0.25) is 13.6 Å². The number of esters is 2. The predicted molar refractivity (Wildman–Crippen MR) is 459 cm³/mol. The van der Waals surface area contributed by atoms with Gasteiger partial charge in [0, 0.05) is 93.3 Å². The fourth-order valence-corrected chi connectivity index (χ4v) is 24.6. The average Bonchev–Trinajstić information content (AvgIpc) is 0.904. The molecule has 6 aromatic carbocycles. The monoisotopic (exact) mass is 1770 g/mol. The smallest absolute Gasteiger partial charge is 0.507 e. The van der Waals surface area contributed by atoms with Crippen molar-refractivity contribution < 1.29 is 115 Å². The number of hydrogen-bond donors (Lipinski definition) is 5. The highest BCUT2D eigenvalue weighted by atomic mass is 32.2. The van der Waals surface area contributed by atoms with Gasteiger partial charge in [0.05, 0.1) is 75.2 Å². The molecule has 0 aromatic heterocycles. The Morgan fingerprint density at radius 3 is 1.27 bits per heavy atom. The van der Waals surface area contributed by atoms with Gasteiger partial charge in [-0.3, -0.25) is 30.2 Å². The van der Waals surface area contributed by atoms with Gasteiger partial charge in [0.25, 0.3) is 0 Å². The summed E-state index contributed by atoms with van der Waals surface area (Å²) in [5.74, 6) is 2.44. The Kier molecular flexibility index (Phi) is 22.9. The van der Waals surface area contributed by atoms with Crippen molar-refractivity contribution in [2.45, 2.75) is 222 Å². The number of aryl methyl sites for hydroxylation is 2. The molecule has 6 aromatic rings. The van der Waals surface area contributed by atoms with E-state index >= 15 is 4.79 Å². The van der Waals surface area contributed by atoms with Crippen LogP contribution in [0.15, 0.2) is 36.4 Å². The number of thioether (sulfide) groups is 2. The molecule has 20 rings (SSSR count). The van der Waals surface area contributed by atoms with Crippen LogP contribution in [0, 0.1) is 50.4 Å². The van der Waals surface area contributed by atoms with Crippen molar-refractivity contribution in [1.82, 2.24) is 30.2 Å². The molecule has 2 unspecified atom stereocenters. The molecule has 8 bridgehead atoms. The minimum absolute atomic E-state index is 0. The molecule has 14 aliphatic rings. The van der Waals surface area contributed by atoms with Gasteiger partial charge in [-0.1, -0.05) is 19.6 Å². The number of phenolic OH excluding ortho intramolecular Hbond substituents is 3. The first kappa shape index (κ1) is 88.7. The lowest BCUT2D eigenvalue weighted by atomic mass is 9.71. The fourth-order valence-electron chi connectivity index (χ4n) is 21.2. The van der Waals surface area contributed by atoms with E-state index in [0.717, 1.165) is 33.4 Å². The molecule has 4 saturated heterocycles. The Morgan fingerprint density at radius 1 is 0.484 bits per heavy atom. The van der Waals surface area contributed by atoms with Crippen LogP contribution < -0.4 is 62.7 Å². The summed E-state index contributed by atoms with van der Waals surface area (Å²) in [6.07, 6.45) is -0.807. The number of aromatic hydroxyl groups is 3. The van der Waals surface area contributed by atoms with Crippen LogP contribution in [0.25, 0.3) is 0 Å². The summed E-state index contributed by atoms with van der Waals surface area (Å²) in [7, 11) is 9.92. The Morgan fingerprint density at radius 2 is 0.873 bits per heavy atom. The second-order valence-corrected chi connectivity index (χ2v) is 38.9. The number of piperazine rings is 2. The summed E-state index contributed by atoms with van der Waals surface area (Å²) in [6, 6.07) is 10.3. The Balaban J connectivity index is 0.000000185. The Labute approximate surface area is 739 Å². The van der Waals surface area contributed by atoms with E-state index in [1.54, 1.807) is 100 Å². The van der Waals surface area contributed by atoms with Crippen LogP contribution in [-0.4, -0.2) is 212 Å². The van der Waals surface area contributed by atoms with E-state index in [4.69, 9.17) is 75.8 Å². The molecular weight excluding hydrogens is 1670 g/mol. The normalized spacial score (nSPS) is 27.0. The quantitative estimate of drug-likeness (QED) is 0.0563. The maximum atomic E-state index is 15.2. The zero-order chi connectivity index (χ0) is 89.2. The summed E-state index contributed by atoms with van der Waals surface area (Å²) >= 11 is 2.88. The van der Waals surface area contributed by atoms with Crippen LogP contribution >= 0.6 is 23.5 Å². The Hall–Kier alpha value is -10.7. The number of carbonyl (C=O) groups excluding carboxylic acids is 5. The van der Waals surface area contributed by atoms with E-state index in [0.29, 0.717) is 129 Å². The lowest BCUT2D eigenvalue weighted by molar-refractivity contribution is -0.158. The van der Waals surface area contributed by atoms with Gasteiger partial charge >= 0.3 is 30.4 Å². The van der Waals surface area contributed by atoms with Gasteiger partial charge in [-0.2, -0.15) is 10.5 Å². The maximum absolute atomic E-state index is 15.2. The van der Waals surface area contributed by atoms with E-state index < -0.39 is 117 Å². The lowest BCUT2D eigenvalue weighted by Gasteiger charge is -2.62. The van der Waals surface area contributed by atoms with Crippen LogP contribution in [0.3, 0.4) is 0 Å². The summed E-state index contributed by atoms with van der Waals surface area (Å²) in [5.41, 5.74) is 5.42. The van der Waals surface area contributed by atoms with Crippen molar-refractivity contribution in [2.75, 3.05) is 93.9 Å². The molecule has 5 N–H and O–H groups in total. The topological polar surface area (TPSA) is 378 Å². The second kappa shape index (κ2) is 32.6. The van der Waals surface area contributed by atoms with Crippen LogP contribution in [0.2, 0.25) is 0 Å². The molecule has 14 atom stereocenters. The number of carbonyl (C=O) groups is 5. The highest BCUT2D eigenvalue weighted by molar-refractivity contribution is 7.99. The van der Waals surface area contributed by atoms with Crippen LogP contribution in [0.1, 0.15) is 193 Å². The van der Waals surface area contributed by atoms with Gasteiger partial charge in [-0.05, 0) is 199 Å².